The number of hydrogen-bond donors (Lipinski definition) is 2. The Hall–Kier alpha value is -2.36. The van der Waals surface area contributed by atoms with Crippen molar-refractivity contribution in [3.63, 3.8) is 0 Å². The molecule has 0 saturated heterocycles. The monoisotopic (exact) mass is 297 g/mol. The summed E-state index contributed by atoms with van der Waals surface area (Å²) in [6, 6.07) is 9.72. The molecule has 1 heterocycles. The Bertz CT molecular complexity index is 638. The number of carbonyl (C=O) groups excluding carboxylic acids is 1. The van der Waals surface area contributed by atoms with Crippen LogP contribution in [0.25, 0.3) is 0 Å². The molecule has 1 aromatic carbocycles. The van der Waals surface area contributed by atoms with Crippen molar-refractivity contribution >= 4 is 17.3 Å². The third-order valence-electron chi connectivity index (χ3n) is 3.41. The van der Waals surface area contributed by atoms with E-state index in [9.17, 15) is 4.79 Å². The van der Waals surface area contributed by atoms with Gasteiger partial charge in [-0.2, -0.15) is 0 Å². The van der Waals surface area contributed by atoms with Gasteiger partial charge in [-0.3, -0.25) is 9.78 Å². The Morgan fingerprint density at radius 2 is 2.00 bits per heavy atom. The number of benzene rings is 1. The highest BCUT2D eigenvalue weighted by Gasteiger charge is 2.11. The average Bonchev–Trinajstić information content (AvgIpc) is 2.53. The van der Waals surface area contributed by atoms with Crippen molar-refractivity contribution in [1.29, 1.82) is 0 Å². The van der Waals surface area contributed by atoms with Gasteiger partial charge in [0.25, 0.3) is 5.91 Å². The Kier molecular flexibility index (Phi) is 5.53. The molecule has 0 saturated carbocycles. The third-order valence-corrected chi connectivity index (χ3v) is 3.41. The third kappa shape index (κ3) is 4.07. The Morgan fingerprint density at radius 3 is 2.73 bits per heavy atom. The van der Waals surface area contributed by atoms with Crippen molar-refractivity contribution in [1.82, 2.24) is 4.98 Å². The highest BCUT2D eigenvalue weighted by Crippen LogP contribution is 2.24. The van der Waals surface area contributed by atoms with Crippen molar-refractivity contribution < 1.29 is 4.79 Å². The van der Waals surface area contributed by atoms with E-state index in [0.29, 0.717) is 11.5 Å². The summed E-state index contributed by atoms with van der Waals surface area (Å²) in [5, 5.41) is 6.23. The number of carbonyl (C=O) groups is 1. The second-order valence-electron chi connectivity index (χ2n) is 5.59. The molecule has 2 rings (SSSR count). The normalized spacial score (nSPS) is 10.5. The van der Waals surface area contributed by atoms with Crippen LogP contribution in [-0.2, 0) is 0 Å². The standard InChI is InChI=1S/C18H23N3O/c1-4-9-20-15-10-14(11-19-12-15)18(22)21-17-8-6-5-7-16(17)13(2)3/h5-8,10-13,20H,4,9H2,1-3H3,(H,21,22). The van der Waals surface area contributed by atoms with Gasteiger partial charge < -0.3 is 10.6 Å². The van der Waals surface area contributed by atoms with Gasteiger partial charge in [0.2, 0.25) is 0 Å². The average molecular weight is 297 g/mol. The van der Waals surface area contributed by atoms with Gasteiger partial charge in [-0.1, -0.05) is 39.0 Å². The number of anilines is 2. The lowest BCUT2D eigenvalue weighted by molar-refractivity contribution is 0.102. The van der Waals surface area contributed by atoms with Crippen molar-refractivity contribution in [2.75, 3.05) is 17.2 Å². The van der Waals surface area contributed by atoms with E-state index in [2.05, 4.69) is 36.4 Å². The van der Waals surface area contributed by atoms with E-state index in [-0.39, 0.29) is 5.91 Å². The smallest absolute Gasteiger partial charge is 0.257 e. The zero-order valence-electron chi connectivity index (χ0n) is 13.4. The van der Waals surface area contributed by atoms with Crippen molar-refractivity contribution in [3.05, 3.63) is 53.9 Å². The predicted octanol–water partition coefficient (Wildman–Crippen LogP) is 4.28. The summed E-state index contributed by atoms with van der Waals surface area (Å²) in [6.07, 6.45) is 4.34. The number of nitrogens with zero attached hydrogens (tertiary/aromatic N) is 1. The summed E-state index contributed by atoms with van der Waals surface area (Å²) in [7, 11) is 0. The molecule has 0 aliphatic heterocycles. The molecule has 116 valence electrons. The van der Waals surface area contributed by atoms with E-state index >= 15 is 0 Å². The molecule has 4 heteroatoms. The summed E-state index contributed by atoms with van der Waals surface area (Å²) >= 11 is 0. The number of para-hydroxylation sites is 1. The van der Waals surface area contributed by atoms with Gasteiger partial charge in [0.15, 0.2) is 0 Å². The van der Waals surface area contributed by atoms with Crippen LogP contribution in [0.15, 0.2) is 42.7 Å². The van der Waals surface area contributed by atoms with Crippen LogP contribution >= 0.6 is 0 Å². The van der Waals surface area contributed by atoms with E-state index in [4.69, 9.17) is 0 Å². The maximum absolute atomic E-state index is 12.4. The lowest BCUT2D eigenvalue weighted by Gasteiger charge is -2.14. The number of rotatable bonds is 6. The summed E-state index contributed by atoms with van der Waals surface area (Å²) in [6.45, 7) is 7.19. The van der Waals surface area contributed by atoms with Crippen LogP contribution in [0.2, 0.25) is 0 Å². The fourth-order valence-corrected chi connectivity index (χ4v) is 2.24. The van der Waals surface area contributed by atoms with Gasteiger partial charge in [0.1, 0.15) is 0 Å². The minimum absolute atomic E-state index is 0.138. The first-order chi connectivity index (χ1) is 10.6. The molecule has 0 spiro atoms. The maximum Gasteiger partial charge on any atom is 0.257 e. The predicted molar refractivity (Wildman–Crippen MR) is 91.5 cm³/mol. The molecule has 4 nitrogen and oxygen atoms in total. The maximum atomic E-state index is 12.4. The molecule has 2 N–H and O–H groups in total. The summed E-state index contributed by atoms with van der Waals surface area (Å²) in [5.74, 6) is 0.216. The highest BCUT2D eigenvalue weighted by atomic mass is 16.1. The number of amides is 1. The fourth-order valence-electron chi connectivity index (χ4n) is 2.24. The van der Waals surface area contributed by atoms with E-state index in [0.717, 1.165) is 29.9 Å². The number of aromatic nitrogens is 1. The summed E-state index contributed by atoms with van der Waals surface area (Å²) < 4.78 is 0. The second kappa shape index (κ2) is 7.59. The number of nitrogens with one attached hydrogen (secondary N) is 2. The van der Waals surface area contributed by atoms with Gasteiger partial charge in [-0.05, 0) is 30.0 Å². The largest absolute Gasteiger partial charge is 0.384 e. The lowest BCUT2D eigenvalue weighted by Crippen LogP contribution is -2.14. The quantitative estimate of drug-likeness (QED) is 0.836. The molecule has 0 fully saturated rings. The summed E-state index contributed by atoms with van der Waals surface area (Å²) in [4.78, 5) is 16.6. The highest BCUT2D eigenvalue weighted by molar-refractivity contribution is 6.05. The molecule has 1 aromatic heterocycles. The van der Waals surface area contributed by atoms with Gasteiger partial charge in [-0.25, -0.2) is 0 Å². The van der Waals surface area contributed by atoms with Gasteiger partial charge in [-0.15, -0.1) is 0 Å². The number of pyridine rings is 1. The lowest BCUT2D eigenvalue weighted by atomic mass is 10.0. The number of hydrogen-bond acceptors (Lipinski definition) is 3. The zero-order valence-corrected chi connectivity index (χ0v) is 13.4. The molecule has 22 heavy (non-hydrogen) atoms. The van der Waals surface area contributed by atoms with E-state index in [1.807, 2.05) is 30.3 Å². The Morgan fingerprint density at radius 1 is 1.23 bits per heavy atom. The minimum atomic E-state index is -0.138. The van der Waals surface area contributed by atoms with Crippen LogP contribution in [0.1, 0.15) is 49.0 Å². The molecule has 0 radical (unpaired) electrons. The zero-order chi connectivity index (χ0) is 15.9. The van der Waals surface area contributed by atoms with Crippen LogP contribution in [0.4, 0.5) is 11.4 Å². The SMILES string of the molecule is CCCNc1cncc(C(=O)Nc2ccccc2C(C)C)c1. The Balaban J connectivity index is 2.16. The topological polar surface area (TPSA) is 54.0 Å². The van der Waals surface area contributed by atoms with Gasteiger partial charge in [0, 0.05) is 24.6 Å². The van der Waals surface area contributed by atoms with E-state index in [1.54, 1.807) is 12.4 Å². The van der Waals surface area contributed by atoms with Crippen LogP contribution in [0.3, 0.4) is 0 Å². The molecule has 0 bridgehead atoms. The van der Waals surface area contributed by atoms with Gasteiger partial charge in [0.05, 0.1) is 11.3 Å². The van der Waals surface area contributed by atoms with E-state index < -0.39 is 0 Å². The fraction of sp³-hybridized carbons (Fsp3) is 0.333. The second-order valence-corrected chi connectivity index (χ2v) is 5.59. The van der Waals surface area contributed by atoms with Crippen LogP contribution < -0.4 is 10.6 Å². The van der Waals surface area contributed by atoms with Crippen LogP contribution in [0, 0.1) is 0 Å². The molecule has 0 unspecified atom stereocenters. The minimum Gasteiger partial charge on any atom is -0.384 e. The Labute approximate surface area is 132 Å². The molecule has 0 aliphatic rings. The molecule has 1 amide bonds. The first kappa shape index (κ1) is 16.0. The summed E-state index contributed by atoms with van der Waals surface area (Å²) in [5.41, 5.74) is 3.41. The van der Waals surface area contributed by atoms with Crippen molar-refractivity contribution in [2.45, 2.75) is 33.1 Å². The van der Waals surface area contributed by atoms with Gasteiger partial charge >= 0.3 is 0 Å². The first-order valence-corrected chi connectivity index (χ1v) is 7.71. The van der Waals surface area contributed by atoms with Crippen LogP contribution in [0.5, 0.6) is 0 Å². The molecule has 0 aliphatic carbocycles. The molecular formula is C18H23N3O. The first-order valence-electron chi connectivity index (χ1n) is 7.71. The molecule has 0 atom stereocenters. The molecule has 2 aromatic rings. The van der Waals surface area contributed by atoms with E-state index in [1.165, 1.54) is 0 Å². The molecular weight excluding hydrogens is 274 g/mol. The van der Waals surface area contributed by atoms with Crippen LogP contribution in [-0.4, -0.2) is 17.4 Å². The van der Waals surface area contributed by atoms with Crippen molar-refractivity contribution in [2.24, 2.45) is 0 Å². The van der Waals surface area contributed by atoms with Crippen molar-refractivity contribution in [3.8, 4) is 0 Å².